The van der Waals surface area contributed by atoms with E-state index in [-0.39, 0.29) is 0 Å². The van der Waals surface area contributed by atoms with E-state index in [1.165, 1.54) is 42.0 Å². The van der Waals surface area contributed by atoms with E-state index in [0.717, 1.165) is 6.54 Å². The zero-order valence-corrected chi connectivity index (χ0v) is 10.7. The first kappa shape index (κ1) is 11.9. The summed E-state index contributed by atoms with van der Waals surface area (Å²) >= 11 is 2.00. The van der Waals surface area contributed by atoms with Gasteiger partial charge in [-0.05, 0) is 36.6 Å². The molecule has 0 bridgehead atoms. The zero-order valence-electron chi connectivity index (χ0n) is 9.91. The normalized spacial score (nSPS) is 19.4. The molecule has 88 valence electrons. The van der Waals surface area contributed by atoms with Crippen LogP contribution in [0.15, 0.2) is 18.3 Å². The summed E-state index contributed by atoms with van der Waals surface area (Å²) in [6, 6.07) is 4.76. The first-order valence-electron chi connectivity index (χ1n) is 6.16. The smallest absolute Gasteiger partial charge is 0.0605 e. The molecule has 0 saturated carbocycles. The molecule has 0 saturated heterocycles. The highest BCUT2D eigenvalue weighted by atomic mass is 32.2. The SMILES string of the molecule is CCSCCNC1CCCc2cccnc21. The fourth-order valence-electron chi connectivity index (χ4n) is 2.26. The summed E-state index contributed by atoms with van der Waals surface area (Å²) in [6.07, 6.45) is 5.64. The number of aryl methyl sites for hydroxylation is 1. The van der Waals surface area contributed by atoms with Gasteiger partial charge >= 0.3 is 0 Å². The van der Waals surface area contributed by atoms with Gasteiger partial charge in [-0.1, -0.05) is 13.0 Å². The van der Waals surface area contributed by atoms with Crippen LogP contribution in [-0.2, 0) is 6.42 Å². The number of nitrogens with zero attached hydrogens (tertiary/aromatic N) is 1. The molecule has 0 radical (unpaired) electrons. The molecule has 1 aliphatic rings. The summed E-state index contributed by atoms with van der Waals surface area (Å²) in [5, 5.41) is 3.63. The van der Waals surface area contributed by atoms with Gasteiger partial charge in [0.2, 0.25) is 0 Å². The number of thioether (sulfide) groups is 1. The summed E-state index contributed by atoms with van der Waals surface area (Å²) in [7, 11) is 0. The molecule has 3 heteroatoms. The Kier molecular flexibility index (Phi) is 4.67. The van der Waals surface area contributed by atoms with E-state index in [0.29, 0.717) is 6.04 Å². The van der Waals surface area contributed by atoms with Crippen molar-refractivity contribution in [2.45, 2.75) is 32.2 Å². The van der Waals surface area contributed by atoms with E-state index in [4.69, 9.17) is 0 Å². The number of aromatic nitrogens is 1. The van der Waals surface area contributed by atoms with E-state index in [9.17, 15) is 0 Å². The number of nitrogens with one attached hydrogen (secondary N) is 1. The Morgan fingerprint density at radius 3 is 3.38 bits per heavy atom. The van der Waals surface area contributed by atoms with Gasteiger partial charge in [0.1, 0.15) is 0 Å². The summed E-state index contributed by atoms with van der Waals surface area (Å²) < 4.78 is 0. The van der Waals surface area contributed by atoms with Crippen LogP contribution in [0.2, 0.25) is 0 Å². The van der Waals surface area contributed by atoms with E-state index < -0.39 is 0 Å². The second-order valence-corrected chi connectivity index (χ2v) is 5.54. The number of hydrogen-bond acceptors (Lipinski definition) is 3. The van der Waals surface area contributed by atoms with Crippen molar-refractivity contribution in [2.24, 2.45) is 0 Å². The Bertz CT molecular complexity index is 327. The lowest BCUT2D eigenvalue weighted by Crippen LogP contribution is -2.28. The standard InChI is InChI=1S/C13H20N2S/c1-2-16-10-9-14-12-7-3-5-11-6-4-8-15-13(11)12/h4,6,8,12,14H,2-3,5,7,9-10H2,1H3. The molecule has 1 N–H and O–H groups in total. The molecule has 1 atom stereocenters. The molecule has 1 heterocycles. The third-order valence-electron chi connectivity index (χ3n) is 3.04. The van der Waals surface area contributed by atoms with Crippen LogP contribution < -0.4 is 5.32 Å². The molecule has 0 amide bonds. The van der Waals surface area contributed by atoms with Crippen molar-refractivity contribution < 1.29 is 0 Å². The van der Waals surface area contributed by atoms with Crippen molar-refractivity contribution in [1.29, 1.82) is 0 Å². The van der Waals surface area contributed by atoms with Gasteiger partial charge in [0.25, 0.3) is 0 Å². The molecule has 1 aromatic rings. The minimum Gasteiger partial charge on any atom is -0.308 e. The highest BCUT2D eigenvalue weighted by molar-refractivity contribution is 7.99. The van der Waals surface area contributed by atoms with E-state index in [1.807, 2.05) is 24.0 Å². The number of hydrogen-bond donors (Lipinski definition) is 1. The lowest BCUT2D eigenvalue weighted by atomic mass is 9.92. The summed E-state index contributed by atoms with van der Waals surface area (Å²) in [6.45, 7) is 3.31. The minimum atomic E-state index is 0.488. The van der Waals surface area contributed by atoms with E-state index >= 15 is 0 Å². The Morgan fingerprint density at radius 2 is 2.50 bits per heavy atom. The molecule has 0 spiro atoms. The first-order chi connectivity index (χ1) is 7.92. The van der Waals surface area contributed by atoms with E-state index in [1.54, 1.807) is 0 Å². The number of fused-ring (bicyclic) bond motifs is 1. The van der Waals surface area contributed by atoms with Crippen molar-refractivity contribution in [3.63, 3.8) is 0 Å². The highest BCUT2D eigenvalue weighted by Gasteiger charge is 2.19. The molecule has 1 aliphatic carbocycles. The lowest BCUT2D eigenvalue weighted by molar-refractivity contribution is 0.461. The summed E-state index contributed by atoms with van der Waals surface area (Å²) in [5.74, 6) is 2.41. The average Bonchev–Trinajstić information content (AvgIpc) is 2.35. The molecule has 1 unspecified atom stereocenters. The second kappa shape index (κ2) is 6.26. The van der Waals surface area contributed by atoms with Crippen molar-refractivity contribution in [3.8, 4) is 0 Å². The maximum atomic E-state index is 4.53. The molecule has 0 fully saturated rings. The van der Waals surface area contributed by atoms with Crippen LogP contribution in [-0.4, -0.2) is 23.0 Å². The Morgan fingerprint density at radius 1 is 1.56 bits per heavy atom. The van der Waals surface area contributed by atoms with Crippen molar-refractivity contribution >= 4 is 11.8 Å². The predicted molar refractivity (Wildman–Crippen MR) is 70.9 cm³/mol. The van der Waals surface area contributed by atoms with Gasteiger partial charge < -0.3 is 5.32 Å². The quantitative estimate of drug-likeness (QED) is 0.796. The maximum Gasteiger partial charge on any atom is 0.0605 e. The molecule has 0 aromatic carbocycles. The molecule has 1 aromatic heterocycles. The average molecular weight is 236 g/mol. The Hall–Kier alpha value is -0.540. The van der Waals surface area contributed by atoms with Gasteiger partial charge in [-0.15, -0.1) is 0 Å². The van der Waals surface area contributed by atoms with Gasteiger partial charge in [0, 0.05) is 24.5 Å². The van der Waals surface area contributed by atoms with Crippen LogP contribution >= 0.6 is 11.8 Å². The molecule has 0 aliphatic heterocycles. The van der Waals surface area contributed by atoms with Crippen LogP contribution in [0.3, 0.4) is 0 Å². The third-order valence-corrected chi connectivity index (χ3v) is 3.94. The number of pyridine rings is 1. The van der Waals surface area contributed by atoms with E-state index in [2.05, 4.69) is 23.3 Å². The highest BCUT2D eigenvalue weighted by Crippen LogP contribution is 2.27. The van der Waals surface area contributed by atoms with Crippen LogP contribution in [0.4, 0.5) is 0 Å². The van der Waals surface area contributed by atoms with Gasteiger partial charge in [-0.3, -0.25) is 4.98 Å². The Labute approximate surface area is 102 Å². The summed E-state index contributed by atoms with van der Waals surface area (Å²) in [5.41, 5.74) is 2.73. The monoisotopic (exact) mass is 236 g/mol. The minimum absolute atomic E-state index is 0.488. The maximum absolute atomic E-state index is 4.53. The molecular formula is C13H20N2S. The van der Waals surface area contributed by atoms with Crippen molar-refractivity contribution in [2.75, 3.05) is 18.1 Å². The molecule has 2 rings (SSSR count). The summed E-state index contributed by atoms with van der Waals surface area (Å²) in [4.78, 5) is 4.53. The fourth-order valence-corrected chi connectivity index (χ4v) is 2.81. The van der Waals surface area contributed by atoms with Crippen LogP contribution in [0, 0.1) is 0 Å². The first-order valence-corrected chi connectivity index (χ1v) is 7.32. The molecule has 2 nitrogen and oxygen atoms in total. The van der Waals surface area contributed by atoms with Crippen molar-refractivity contribution in [1.82, 2.24) is 10.3 Å². The van der Waals surface area contributed by atoms with Gasteiger partial charge in [-0.2, -0.15) is 11.8 Å². The Balaban J connectivity index is 1.91. The second-order valence-electron chi connectivity index (χ2n) is 4.14. The number of rotatable bonds is 5. The van der Waals surface area contributed by atoms with Crippen molar-refractivity contribution in [3.05, 3.63) is 29.6 Å². The molecular weight excluding hydrogens is 216 g/mol. The van der Waals surface area contributed by atoms with Gasteiger partial charge in [-0.25, -0.2) is 0 Å². The predicted octanol–water partition coefficient (Wildman–Crippen LogP) is 2.80. The van der Waals surface area contributed by atoms with Crippen LogP contribution in [0.5, 0.6) is 0 Å². The van der Waals surface area contributed by atoms with Gasteiger partial charge in [0.15, 0.2) is 0 Å². The molecule has 16 heavy (non-hydrogen) atoms. The van der Waals surface area contributed by atoms with Crippen LogP contribution in [0.25, 0.3) is 0 Å². The topological polar surface area (TPSA) is 24.9 Å². The van der Waals surface area contributed by atoms with Crippen LogP contribution in [0.1, 0.15) is 37.1 Å². The lowest BCUT2D eigenvalue weighted by Gasteiger charge is -2.25. The third kappa shape index (κ3) is 2.98. The zero-order chi connectivity index (χ0) is 11.2. The fraction of sp³-hybridized carbons (Fsp3) is 0.615. The van der Waals surface area contributed by atoms with Gasteiger partial charge in [0.05, 0.1) is 5.69 Å². The largest absolute Gasteiger partial charge is 0.308 e.